The van der Waals surface area contributed by atoms with E-state index in [0.29, 0.717) is 22.3 Å². The zero-order valence-corrected chi connectivity index (χ0v) is 16.8. The second-order valence-corrected chi connectivity index (χ2v) is 6.77. The first-order valence-electron chi connectivity index (χ1n) is 9.52. The highest BCUT2D eigenvalue weighted by molar-refractivity contribution is 5.93. The van der Waals surface area contributed by atoms with Crippen molar-refractivity contribution in [3.63, 3.8) is 0 Å². The normalized spacial score (nSPS) is 11.0. The summed E-state index contributed by atoms with van der Waals surface area (Å²) in [4.78, 5) is 39.9. The van der Waals surface area contributed by atoms with Crippen molar-refractivity contribution in [1.29, 1.82) is 0 Å². The van der Waals surface area contributed by atoms with Gasteiger partial charge in [0.15, 0.2) is 0 Å². The number of nitro benzene ring substituents is 1. The van der Waals surface area contributed by atoms with Crippen molar-refractivity contribution in [2.24, 2.45) is 5.10 Å². The Labute approximate surface area is 181 Å². The van der Waals surface area contributed by atoms with Crippen LogP contribution in [0.5, 0.6) is 5.75 Å². The number of benzene rings is 3. The molecule has 0 aliphatic rings. The van der Waals surface area contributed by atoms with Crippen LogP contribution in [0, 0.1) is 17.0 Å². The molecule has 0 saturated heterocycles. The molecule has 9 nitrogen and oxygen atoms in total. The van der Waals surface area contributed by atoms with Gasteiger partial charge in [0, 0.05) is 17.7 Å². The number of hydrogen-bond donors (Lipinski definition) is 0. The Bertz CT molecular complexity index is 1420. The highest BCUT2D eigenvalue weighted by atomic mass is 16.6. The van der Waals surface area contributed by atoms with Crippen molar-refractivity contribution in [3.05, 3.63) is 110 Å². The van der Waals surface area contributed by atoms with Crippen molar-refractivity contribution in [3.8, 4) is 5.75 Å². The summed E-state index contributed by atoms with van der Waals surface area (Å²) in [6, 6.07) is 18.8. The van der Waals surface area contributed by atoms with Gasteiger partial charge in [-0.25, -0.2) is 9.78 Å². The molecule has 0 aliphatic heterocycles. The van der Waals surface area contributed by atoms with Gasteiger partial charge in [-0.15, -0.1) is 0 Å². The summed E-state index contributed by atoms with van der Waals surface area (Å²) in [5.74, 6) is -0.0502. The number of carbonyl (C=O) groups excluding carboxylic acids is 1. The van der Waals surface area contributed by atoms with Crippen LogP contribution in [0.3, 0.4) is 0 Å². The van der Waals surface area contributed by atoms with Crippen molar-refractivity contribution in [2.75, 3.05) is 0 Å². The SMILES string of the molecule is Cc1nc2ccccc2c(=O)n1N=Cc1ccccc1OC(=O)c1ccc([N+](=O)[O-])cc1. The number of rotatable bonds is 5. The quantitative estimate of drug-likeness (QED) is 0.157. The fourth-order valence-electron chi connectivity index (χ4n) is 3.05. The van der Waals surface area contributed by atoms with Crippen LogP contribution in [0.15, 0.2) is 82.7 Å². The molecule has 4 rings (SSSR count). The molecule has 0 atom stereocenters. The van der Waals surface area contributed by atoms with E-state index < -0.39 is 10.9 Å². The molecule has 4 aromatic rings. The van der Waals surface area contributed by atoms with Gasteiger partial charge in [0.25, 0.3) is 11.2 Å². The van der Waals surface area contributed by atoms with E-state index in [-0.39, 0.29) is 22.6 Å². The number of ether oxygens (including phenoxy) is 1. The minimum atomic E-state index is -0.679. The fraction of sp³-hybridized carbons (Fsp3) is 0.0435. The van der Waals surface area contributed by atoms with E-state index in [1.807, 2.05) is 0 Å². The van der Waals surface area contributed by atoms with Gasteiger partial charge in [-0.3, -0.25) is 14.9 Å². The smallest absolute Gasteiger partial charge is 0.343 e. The first kappa shape index (κ1) is 20.6. The molecule has 1 aromatic heterocycles. The van der Waals surface area contributed by atoms with Crippen LogP contribution < -0.4 is 10.3 Å². The van der Waals surface area contributed by atoms with Gasteiger partial charge in [0.05, 0.1) is 27.6 Å². The Balaban J connectivity index is 1.62. The fourth-order valence-corrected chi connectivity index (χ4v) is 3.05. The summed E-state index contributed by atoms with van der Waals surface area (Å²) in [6.45, 7) is 1.67. The minimum Gasteiger partial charge on any atom is -0.422 e. The van der Waals surface area contributed by atoms with Crippen LogP contribution in [0.25, 0.3) is 10.9 Å². The molecule has 0 fully saturated rings. The molecule has 0 aliphatic carbocycles. The van der Waals surface area contributed by atoms with Crippen molar-refractivity contribution >= 4 is 28.8 Å². The van der Waals surface area contributed by atoms with E-state index in [1.54, 1.807) is 55.5 Å². The molecule has 0 spiro atoms. The Kier molecular flexibility index (Phi) is 5.54. The maximum atomic E-state index is 12.8. The van der Waals surface area contributed by atoms with E-state index in [0.717, 1.165) is 0 Å². The van der Waals surface area contributed by atoms with Gasteiger partial charge >= 0.3 is 5.97 Å². The molecule has 0 unspecified atom stereocenters. The number of non-ortho nitro benzene ring substituents is 1. The number of nitrogens with zero attached hydrogens (tertiary/aromatic N) is 4. The van der Waals surface area contributed by atoms with E-state index >= 15 is 0 Å². The Morgan fingerprint density at radius 2 is 1.75 bits per heavy atom. The number of fused-ring (bicyclic) bond motifs is 1. The maximum absolute atomic E-state index is 12.8. The molecule has 3 aromatic carbocycles. The Morgan fingerprint density at radius 3 is 2.50 bits per heavy atom. The number of nitro groups is 1. The monoisotopic (exact) mass is 428 g/mol. The average molecular weight is 428 g/mol. The minimum absolute atomic E-state index is 0.126. The van der Waals surface area contributed by atoms with Gasteiger partial charge < -0.3 is 4.74 Å². The Hall–Kier alpha value is -4.66. The number of para-hydroxylation sites is 2. The van der Waals surface area contributed by atoms with Crippen LogP contribution in [0.1, 0.15) is 21.7 Å². The number of carbonyl (C=O) groups is 1. The summed E-state index contributed by atoms with van der Waals surface area (Å²) < 4.78 is 6.63. The lowest BCUT2D eigenvalue weighted by atomic mass is 10.2. The predicted molar refractivity (Wildman–Crippen MR) is 118 cm³/mol. The standard InChI is InChI=1S/C23H16N4O5/c1-15-25-20-8-4-3-7-19(20)22(28)26(15)24-14-17-6-2-5-9-21(17)32-23(29)16-10-12-18(13-11-16)27(30)31/h2-14H,1H3. The van der Waals surface area contributed by atoms with Crippen molar-refractivity contribution in [2.45, 2.75) is 6.92 Å². The highest BCUT2D eigenvalue weighted by Gasteiger charge is 2.13. The summed E-state index contributed by atoms with van der Waals surface area (Å²) in [5.41, 5.74) is 0.762. The molecule has 9 heteroatoms. The van der Waals surface area contributed by atoms with Crippen LogP contribution in [-0.4, -0.2) is 26.8 Å². The molecular weight excluding hydrogens is 412 g/mol. The van der Waals surface area contributed by atoms with Crippen LogP contribution in [-0.2, 0) is 0 Å². The summed E-state index contributed by atoms with van der Waals surface area (Å²) >= 11 is 0. The van der Waals surface area contributed by atoms with Crippen molar-refractivity contribution in [1.82, 2.24) is 9.66 Å². The molecule has 0 radical (unpaired) electrons. The van der Waals surface area contributed by atoms with E-state index in [9.17, 15) is 19.7 Å². The lowest BCUT2D eigenvalue weighted by molar-refractivity contribution is -0.384. The van der Waals surface area contributed by atoms with E-state index in [1.165, 1.54) is 35.2 Å². The molecule has 0 N–H and O–H groups in total. The second-order valence-electron chi connectivity index (χ2n) is 6.77. The van der Waals surface area contributed by atoms with Gasteiger partial charge in [0.1, 0.15) is 11.6 Å². The molecule has 0 amide bonds. The first-order chi connectivity index (χ1) is 15.4. The number of aryl methyl sites for hydroxylation is 1. The van der Waals surface area contributed by atoms with Crippen LogP contribution in [0.4, 0.5) is 5.69 Å². The third-order valence-electron chi connectivity index (χ3n) is 4.66. The van der Waals surface area contributed by atoms with Gasteiger partial charge in [0.2, 0.25) is 0 Å². The van der Waals surface area contributed by atoms with Crippen LogP contribution in [0.2, 0.25) is 0 Å². The molecule has 0 saturated carbocycles. The third kappa shape index (κ3) is 4.12. The first-order valence-corrected chi connectivity index (χ1v) is 9.52. The predicted octanol–water partition coefficient (Wildman–Crippen LogP) is 3.71. The third-order valence-corrected chi connectivity index (χ3v) is 4.66. The van der Waals surface area contributed by atoms with E-state index in [2.05, 4.69) is 10.1 Å². The van der Waals surface area contributed by atoms with Gasteiger partial charge in [-0.2, -0.15) is 9.78 Å². The molecular formula is C23H16N4O5. The number of hydrogen-bond acceptors (Lipinski definition) is 7. The topological polar surface area (TPSA) is 117 Å². The van der Waals surface area contributed by atoms with Crippen LogP contribution >= 0.6 is 0 Å². The lowest BCUT2D eigenvalue weighted by Gasteiger charge is -2.08. The number of aromatic nitrogens is 2. The average Bonchev–Trinajstić information content (AvgIpc) is 2.80. The second kappa shape index (κ2) is 8.60. The van der Waals surface area contributed by atoms with E-state index in [4.69, 9.17) is 4.74 Å². The molecule has 158 valence electrons. The van der Waals surface area contributed by atoms with Gasteiger partial charge in [-0.05, 0) is 43.3 Å². The summed E-state index contributed by atoms with van der Waals surface area (Å²) in [5, 5.41) is 15.5. The molecule has 1 heterocycles. The summed E-state index contributed by atoms with van der Waals surface area (Å²) in [6.07, 6.45) is 1.41. The highest BCUT2D eigenvalue weighted by Crippen LogP contribution is 2.19. The Morgan fingerprint density at radius 1 is 1.06 bits per heavy atom. The number of esters is 1. The maximum Gasteiger partial charge on any atom is 0.343 e. The lowest BCUT2D eigenvalue weighted by Crippen LogP contribution is -2.20. The zero-order chi connectivity index (χ0) is 22.7. The largest absolute Gasteiger partial charge is 0.422 e. The van der Waals surface area contributed by atoms with Crippen molar-refractivity contribution < 1.29 is 14.5 Å². The van der Waals surface area contributed by atoms with Gasteiger partial charge in [-0.1, -0.05) is 24.3 Å². The molecule has 32 heavy (non-hydrogen) atoms. The summed E-state index contributed by atoms with van der Waals surface area (Å²) in [7, 11) is 0. The molecule has 0 bridgehead atoms. The zero-order valence-electron chi connectivity index (χ0n) is 16.8.